The molecule has 3 rings (SSSR count). The van der Waals surface area contributed by atoms with Gasteiger partial charge in [-0.25, -0.2) is 18.4 Å². The molecular formula is C15H15F2N3S. The minimum Gasteiger partial charge on any atom is -0.247 e. The predicted octanol–water partition coefficient (Wildman–Crippen LogP) is 4.73. The Labute approximate surface area is 125 Å². The number of nitrogens with zero attached hydrogens (tertiary/aromatic N) is 3. The summed E-state index contributed by atoms with van der Waals surface area (Å²) in [6.45, 7) is 6.27. The van der Waals surface area contributed by atoms with Crippen LogP contribution in [0.4, 0.5) is 8.78 Å². The van der Waals surface area contributed by atoms with Crippen LogP contribution in [0, 0.1) is 13.8 Å². The molecule has 0 bridgehead atoms. The Hall–Kier alpha value is -1.82. The maximum atomic E-state index is 13.4. The molecule has 0 aromatic carbocycles. The van der Waals surface area contributed by atoms with Crippen molar-refractivity contribution in [1.29, 1.82) is 0 Å². The van der Waals surface area contributed by atoms with Crippen LogP contribution in [0.3, 0.4) is 0 Å². The van der Waals surface area contributed by atoms with Gasteiger partial charge in [0.15, 0.2) is 5.65 Å². The monoisotopic (exact) mass is 307 g/mol. The van der Waals surface area contributed by atoms with Crippen LogP contribution in [0.15, 0.2) is 18.2 Å². The molecule has 3 nitrogen and oxygen atoms in total. The number of pyridine rings is 1. The number of hydrogen-bond donors (Lipinski definition) is 0. The number of halogens is 2. The fourth-order valence-corrected chi connectivity index (χ4v) is 3.31. The Balaban J connectivity index is 2.33. The van der Waals surface area contributed by atoms with Crippen molar-refractivity contribution in [2.45, 2.75) is 33.7 Å². The Bertz CT molecular complexity index is 805. The van der Waals surface area contributed by atoms with Crippen molar-refractivity contribution >= 4 is 22.4 Å². The van der Waals surface area contributed by atoms with Crippen molar-refractivity contribution in [3.05, 3.63) is 34.3 Å². The van der Waals surface area contributed by atoms with E-state index in [-0.39, 0.29) is 5.56 Å². The highest BCUT2D eigenvalue weighted by Crippen LogP contribution is 2.34. The van der Waals surface area contributed by atoms with E-state index in [2.05, 4.69) is 10.1 Å². The second-order valence-corrected chi connectivity index (χ2v) is 6.20. The Kier molecular flexibility index (Phi) is 3.49. The van der Waals surface area contributed by atoms with E-state index >= 15 is 0 Å². The molecule has 0 fully saturated rings. The molecule has 0 saturated heterocycles. The number of aromatic nitrogens is 3. The van der Waals surface area contributed by atoms with Gasteiger partial charge >= 0.3 is 0 Å². The van der Waals surface area contributed by atoms with Crippen LogP contribution in [0.5, 0.6) is 0 Å². The van der Waals surface area contributed by atoms with E-state index in [1.54, 1.807) is 22.9 Å². The third-order valence-electron chi connectivity index (χ3n) is 3.44. The van der Waals surface area contributed by atoms with Crippen LogP contribution >= 0.6 is 11.3 Å². The first-order chi connectivity index (χ1) is 10.0. The Morgan fingerprint density at radius 2 is 2.05 bits per heavy atom. The third-order valence-corrected chi connectivity index (χ3v) is 4.46. The lowest BCUT2D eigenvalue weighted by Crippen LogP contribution is -1.99. The molecule has 110 valence electrons. The topological polar surface area (TPSA) is 30.7 Å². The predicted molar refractivity (Wildman–Crippen MR) is 80.9 cm³/mol. The van der Waals surface area contributed by atoms with Gasteiger partial charge in [-0.05, 0) is 39.0 Å². The number of rotatable bonds is 3. The SMILES string of the molecule is CCn1nc(C)c2c(C(F)F)cc(-c3ccc(C)s3)nc21. The Morgan fingerprint density at radius 3 is 2.62 bits per heavy atom. The number of fused-ring (bicyclic) bond motifs is 1. The molecule has 0 saturated carbocycles. The van der Waals surface area contributed by atoms with Gasteiger partial charge in [-0.1, -0.05) is 0 Å². The molecule has 0 aliphatic carbocycles. The van der Waals surface area contributed by atoms with E-state index in [0.29, 0.717) is 29.0 Å². The molecule has 0 unspecified atom stereocenters. The van der Waals surface area contributed by atoms with Crippen LogP contribution in [0.25, 0.3) is 21.6 Å². The zero-order valence-electron chi connectivity index (χ0n) is 12.0. The van der Waals surface area contributed by atoms with Gasteiger partial charge in [-0.2, -0.15) is 5.10 Å². The molecule has 6 heteroatoms. The van der Waals surface area contributed by atoms with Gasteiger partial charge in [0.2, 0.25) is 0 Å². The highest BCUT2D eigenvalue weighted by Gasteiger charge is 2.20. The quantitative estimate of drug-likeness (QED) is 0.700. The van der Waals surface area contributed by atoms with Crippen LogP contribution < -0.4 is 0 Å². The lowest BCUT2D eigenvalue weighted by atomic mass is 10.1. The van der Waals surface area contributed by atoms with Crippen molar-refractivity contribution < 1.29 is 8.78 Å². The van der Waals surface area contributed by atoms with Gasteiger partial charge in [-0.3, -0.25) is 0 Å². The van der Waals surface area contributed by atoms with Gasteiger partial charge < -0.3 is 0 Å². The first-order valence-electron chi connectivity index (χ1n) is 6.74. The second-order valence-electron chi connectivity index (χ2n) is 4.91. The molecule has 0 N–H and O–H groups in total. The standard InChI is InChI=1S/C15H15F2N3S/c1-4-20-15-13(9(3)19-20)10(14(16)17)7-11(18-15)12-6-5-8(2)21-12/h5-7,14H,4H2,1-3H3. The largest absolute Gasteiger partial charge is 0.264 e. The molecule has 0 aliphatic heterocycles. The van der Waals surface area contributed by atoms with Gasteiger partial charge in [0.05, 0.1) is 21.7 Å². The highest BCUT2D eigenvalue weighted by atomic mass is 32.1. The molecule has 0 aliphatic rings. The summed E-state index contributed by atoms with van der Waals surface area (Å²) in [7, 11) is 0. The minimum atomic E-state index is -2.54. The van der Waals surface area contributed by atoms with Gasteiger partial charge in [0.1, 0.15) is 0 Å². The van der Waals surface area contributed by atoms with Crippen molar-refractivity contribution in [3.63, 3.8) is 0 Å². The summed E-state index contributed by atoms with van der Waals surface area (Å²) >= 11 is 1.55. The van der Waals surface area contributed by atoms with Gasteiger partial charge in [0, 0.05) is 17.0 Å². The smallest absolute Gasteiger partial charge is 0.247 e. The van der Waals surface area contributed by atoms with Crippen molar-refractivity contribution in [3.8, 4) is 10.6 Å². The highest BCUT2D eigenvalue weighted by molar-refractivity contribution is 7.15. The number of hydrogen-bond acceptors (Lipinski definition) is 3. The van der Waals surface area contributed by atoms with Crippen molar-refractivity contribution in [1.82, 2.24) is 14.8 Å². The molecule has 0 radical (unpaired) electrons. The fourth-order valence-electron chi connectivity index (χ4n) is 2.48. The maximum Gasteiger partial charge on any atom is 0.264 e. The molecule has 0 amide bonds. The summed E-state index contributed by atoms with van der Waals surface area (Å²) in [6, 6.07) is 5.38. The molecule has 3 heterocycles. The first-order valence-corrected chi connectivity index (χ1v) is 7.56. The van der Waals surface area contributed by atoms with E-state index in [9.17, 15) is 8.78 Å². The van der Waals surface area contributed by atoms with E-state index in [1.807, 2.05) is 26.0 Å². The fraction of sp³-hybridized carbons (Fsp3) is 0.333. The molecular weight excluding hydrogens is 292 g/mol. The summed E-state index contributed by atoms with van der Waals surface area (Å²) in [6.07, 6.45) is -2.54. The number of thiophene rings is 1. The van der Waals surface area contributed by atoms with Crippen LogP contribution in [-0.4, -0.2) is 14.8 Å². The average molecular weight is 307 g/mol. The van der Waals surface area contributed by atoms with E-state index in [0.717, 1.165) is 9.75 Å². The van der Waals surface area contributed by atoms with Gasteiger partial charge in [-0.15, -0.1) is 11.3 Å². The summed E-state index contributed by atoms with van der Waals surface area (Å²) in [5, 5.41) is 4.79. The maximum absolute atomic E-state index is 13.4. The van der Waals surface area contributed by atoms with Crippen LogP contribution in [0.2, 0.25) is 0 Å². The molecule has 3 aromatic rings. The van der Waals surface area contributed by atoms with E-state index < -0.39 is 6.43 Å². The Morgan fingerprint density at radius 1 is 1.29 bits per heavy atom. The molecule has 0 atom stereocenters. The molecule has 0 spiro atoms. The molecule has 3 aromatic heterocycles. The number of alkyl halides is 2. The lowest BCUT2D eigenvalue weighted by molar-refractivity contribution is 0.153. The minimum absolute atomic E-state index is 0.0123. The normalized spacial score (nSPS) is 11.7. The molecule has 21 heavy (non-hydrogen) atoms. The number of aryl methyl sites for hydroxylation is 3. The lowest BCUT2D eigenvalue weighted by Gasteiger charge is -2.06. The summed E-state index contributed by atoms with van der Waals surface area (Å²) < 4.78 is 28.5. The van der Waals surface area contributed by atoms with Crippen molar-refractivity contribution in [2.24, 2.45) is 0 Å². The average Bonchev–Trinajstić information content (AvgIpc) is 3.02. The third kappa shape index (κ3) is 2.33. The van der Waals surface area contributed by atoms with E-state index in [4.69, 9.17) is 0 Å². The van der Waals surface area contributed by atoms with E-state index in [1.165, 1.54) is 6.07 Å². The summed E-state index contributed by atoms with van der Waals surface area (Å²) in [4.78, 5) is 6.60. The van der Waals surface area contributed by atoms with Gasteiger partial charge in [0.25, 0.3) is 6.43 Å². The van der Waals surface area contributed by atoms with Crippen LogP contribution in [0.1, 0.15) is 29.5 Å². The summed E-state index contributed by atoms with van der Waals surface area (Å²) in [5.41, 5.74) is 1.74. The van der Waals surface area contributed by atoms with Crippen molar-refractivity contribution in [2.75, 3.05) is 0 Å². The zero-order valence-corrected chi connectivity index (χ0v) is 12.8. The second kappa shape index (κ2) is 5.18. The van der Waals surface area contributed by atoms with Crippen LogP contribution in [-0.2, 0) is 6.54 Å². The summed E-state index contributed by atoms with van der Waals surface area (Å²) in [5.74, 6) is 0. The zero-order chi connectivity index (χ0) is 15.1. The first kappa shape index (κ1) is 14.1.